The molecule has 13 heteroatoms. The Morgan fingerprint density at radius 3 is 2.38 bits per heavy atom. The van der Waals surface area contributed by atoms with Crippen molar-refractivity contribution >= 4 is 29.4 Å². The quantitative estimate of drug-likeness (QED) is 0.169. The summed E-state index contributed by atoms with van der Waals surface area (Å²) < 4.78 is 40.5. The van der Waals surface area contributed by atoms with E-state index in [1.165, 1.54) is 24.3 Å². The van der Waals surface area contributed by atoms with Gasteiger partial charge in [0, 0.05) is 29.6 Å². The molecule has 0 aliphatic heterocycles. The van der Waals surface area contributed by atoms with E-state index in [2.05, 4.69) is 20.7 Å². The molecule has 0 spiro atoms. The van der Waals surface area contributed by atoms with Crippen molar-refractivity contribution in [3.63, 3.8) is 0 Å². The van der Waals surface area contributed by atoms with E-state index in [0.717, 1.165) is 0 Å². The predicted molar refractivity (Wildman–Crippen MR) is 106 cm³/mol. The second kappa shape index (κ2) is 11.0. The Hall–Kier alpha value is -3.76. The van der Waals surface area contributed by atoms with Crippen LogP contribution < -0.4 is 10.6 Å². The van der Waals surface area contributed by atoms with Crippen LogP contribution in [-0.4, -0.2) is 35.5 Å². The average molecular weight is 470 g/mol. The van der Waals surface area contributed by atoms with Crippen LogP contribution in [0.5, 0.6) is 0 Å². The van der Waals surface area contributed by atoms with Crippen LogP contribution in [0.25, 0.3) is 10.4 Å². The van der Waals surface area contributed by atoms with E-state index in [-0.39, 0.29) is 18.7 Å². The van der Waals surface area contributed by atoms with Crippen molar-refractivity contribution in [2.24, 2.45) is 5.11 Å². The van der Waals surface area contributed by atoms with Crippen molar-refractivity contribution in [1.82, 2.24) is 10.6 Å². The van der Waals surface area contributed by atoms with Gasteiger partial charge in [0.2, 0.25) is 0 Å². The first kappa shape index (κ1) is 24.5. The minimum atomic E-state index is -1.60. The molecule has 2 rings (SSSR count). The van der Waals surface area contributed by atoms with Gasteiger partial charge >= 0.3 is 5.97 Å². The van der Waals surface area contributed by atoms with E-state index in [0.29, 0.717) is 11.6 Å². The molecule has 0 bridgehead atoms. The zero-order valence-electron chi connectivity index (χ0n) is 16.1. The van der Waals surface area contributed by atoms with E-state index in [1.807, 2.05) is 0 Å². The first-order chi connectivity index (χ1) is 15.1. The Bertz CT molecular complexity index is 1090. The molecule has 32 heavy (non-hydrogen) atoms. The topological polar surface area (TPSA) is 144 Å². The number of benzene rings is 2. The summed E-state index contributed by atoms with van der Waals surface area (Å²) in [5.41, 5.74) is 8.23. The number of nitrogens with one attached hydrogen (secondary N) is 2. The summed E-state index contributed by atoms with van der Waals surface area (Å²) in [6, 6.07) is 5.18. The molecule has 1 atom stereocenters. The second-order valence-electron chi connectivity index (χ2n) is 6.41. The Morgan fingerprint density at radius 1 is 1.12 bits per heavy atom. The number of hydrogen-bond acceptors (Lipinski definition) is 4. The van der Waals surface area contributed by atoms with E-state index < -0.39 is 58.3 Å². The van der Waals surface area contributed by atoms with Gasteiger partial charge < -0.3 is 15.7 Å². The average Bonchev–Trinajstić information content (AvgIpc) is 2.76. The maximum atomic E-state index is 13.9. The van der Waals surface area contributed by atoms with E-state index >= 15 is 0 Å². The third kappa shape index (κ3) is 6.37. The van der Waals surface area contributed by atoms with Crippen molar-refractivity contribution in [3.05, 3.63) is 79.9 Å². The fourth-order valence-corrected chi connectivity index (χ4v) is 2.76. The SMILES string of the molecule is [N-]=[N+]=NC[C@H](CC(=O)O)NC(=O)c1ccc(CNC(=O)c2cc(F)c(F)c(Cl)c2F)cc1. The van der Waals surface area contributed by atoms with Crippen LogP contribution in [0.3, 0.4) is 0 Å². The number of carboxylic acid groups (broad SMARTS) is 1. The van der Waals surface area contributed by atoms with E-state index in [9.17, 15) is 27.6 Å². The summed E-state index contributed by atoms with van der Waals surface area (Å²) in [5.74, 6) is -7.30. The highest BCUT2D eigenvalue weighted by Crippen LogP contribution is 2.24. The van der Waals surface area contributed by atoms with Gasteiger partial charge in [-0.2, -0.15) is 0 Å². The van der Waals surface area contributed by atoms with Crippen molar-refractivity contribution in [3.8, 4) is 0 Å². The van der Waals surface area contributed by atoms with Crippen LogP contribution in [-0.2, 0) is 11.3 Å². The fourth-order valence-electron chi connectivity index (χ4n) is 2.57. The van der Waals surface area contributed by atoms with Gasteiger partial charge in [-0.05, 0) is 29.3 Å². The number of rotatable bonds is 9. The smallest absolute Gasteiger partial charge is 0.305 e. The van der Waals surface area contributed by atoms with Gasteiger partial charge in [0.1, 0.15) is 5.02 Å². The zero-order chi connectivity index (χ0) is 23.8. The molecule has 168 valence electrons. The number of carbonyl (C=O) groups excluding carboxylic acids is 2. The first-order valence-electron chi connectivity index (χ1n) is 8.87. The summed E-state index contributed by atoms with van der Waals surface area (Å²) in [5, 5.41) is 15.7. The molecule has 0 aliphatic carbocycles. The Morgan fingerprint density at radius 2 is 1.78 bits per heavy atom. The maximum absolute atomic E-state index is 13.9. The normalized spacial score (nSPS) is 11.2. The van der Waals surface area contributed by atoms with Crippen LogP contribution in [0.4, 0.5) is 13.2 Å². The summed E-state index contributed by atoms with van der Waals surface area (Å²) in [6.07, 6.45) is -0.445. The number of carboxylic acids is 1. The molecule has 3 N–H and O–H groups in total. The largest absolute Gasteiger partial charge is 0.481 e. The zero-order valence-corrected chi connectivity index (χ0v) is 16.9. The lowest BCUT2D eigenvalue weighted by molar-refractivity contribution is -0.137. The molecule has 2 aromatic carbocycles. The molecule has 0 saturated carbocycles. The highest BCUT2D eigenvalue weighted by molar-refractivity contribution is 6.31. The molecular weight excluding hydrogens is 455 g/mol. The number of nitrogens with zero attached hydrogens (tertiary/aromatic N) is 3. The summed E-state index contributed by atoms with van der Waals surface area (Å²) in [4.78, 5) is 37.7. The minimum Gasteiger partial charge on any atom is -0.481 e. The number of aliphatic carboxylic acids is 1. The number of amides is 2. The summed E-state index contributed by atoms with van der Waals surface area (Å²) in [7, 11) is 0. The van der Waals surface area contributed by atoms with Crippen LogP contribution in [0, 0.1) is 17.5 Å². The number of halogens is 4. The van der Waals surface area contributed by atoms with Crippen molar-refractivity contribution in [2.75, 3.05) is 6.54 Å². The van der Waals surface area contributed by atoms with E-state index in [4.69, 9.17) is 22.2 Å². The molecule has 0 radical (unpaired) electrons. The van der Waals surface area contributed by atoms with Crippen LogP contribution in [0.2, 0.25) is 5.02 Å². The van der Waals surface area contributed by atoms with Crippen LogP contribution in [0.1, 0.15) is 32.7 Å². The van der Waals surface area contributed by atoms with Gasteiger partial charge in [-0.1, -0.05) is 28.8 Å². The lowest BCUT2D eigenvalue weighted by Gasteiger charge is -2.14. The number of hydrogen-bond donors (Lipinski definition) is 3. The molecule has 0 fully saturated rings. The molecular formula is C19H15ClF3N5O4. The first-order valence-corrected chi connectivity index (χ1v) is 9.25. The molecule has 0 heterocycles. The molecule has 2 aromatic rings. The summed E-state index contributed by atoms with van der Waals surface area (Å²) >= 11 is 5.32. The number of azide groups is 1. The molecule has 0 aromatic heterocycles. The highest BCUT2D eigenvalue weighted by Gasteiger charge is 2.21. The van der Waals surface area contributed by atoms with Crippen molar-refractivity contribution < 1.29 is 32.7 Å². The van der Waals surface area contributed by atoms with Crippen LogP contribution in [0.15, 0.2) is 35.4 Å². The lowest BCUT2D eigenvalue weighted by atomic mass is 10.1. The molecule has 2 amide bonds. The second-order valence-corrected chi connectivity index (χ2v) is 6.79. The molecule has 0 unspecified atom stereocenters. The third-order valence-electron chi connectivity index (χ3n) is 4.14. The van der Waals surface area contributed by atoms with Crippen molar-refractivity contribution in [1.29, 1.82) is 0 Å². The van der Waals surface area contributed by atoms with Crippen molar-refractivity contribution in [2.45, 2.75) is 19.0 Å². The van der Waals surface area contributed by atoms with Crippen LogP contribution >= 0.6 is 11.6 Å². The van der Waals surface area contributed by atoms with Gasteiger partial charge in [0.25, 0.3) is 11.8 Å². The predicted octanol–water partition coefficient (Wildman–Crippen LogP) is 3.57. The van der Waals surface area contributed by atoms with Gasteiger partial charge in [0.05, 0.1) is 12.0 Å². The Labute approximate surface area is 183 Å². The summed E-state index contributed by atoms with van der Waals surface area (Å²) in [6.45, 7) is -0.376. The maximum Gasteiger partial charge on any atom is 0.305 e. The lowest BCUT2D eigenvalue weighted by Crippen LogP contribution is -2.38. The molecule has 0 saturated heterocycles. The van der Waals surface area contributed by atoms with Gasteiger partial charge in [0.15, 0.2) is 17.5 Å². The van der Waals surface area contributed by atoms with E-state index in [1.54, 1.807) is 0 Å². The third-order valence-corrected chi connectivity index (χ3v) is 4.47. The number of carbonyl (C=O) groups is 3. The minimum absolute atomic E-state index is 0.130. The monoisotopic (exact) mass is 469 g/mol. The van der Waals surface area contributed by atoms with Gasteiger partial charge in [-0.15, -0.1) is 0 Å². The van der Waals surface area contributed by atoms with Gasteiger partial charge in [-0.3, -0.25) is 14.4 Å². The van der Waals surface area contributed by atoms with Gasteiger partial charge in [-0.25, -0.2) is 13.2 Å². The highest BCUT2D eigenvalue weighted by atomic mass is 35.5. The molecule has 9 nitrogen and oxygen atoms in total. The molecule has 0 aliphatic rings. The Kier molecular flexibility index (Phi) is 8.45. The fraction of sp³-hybridized carbons (Fsp3) is 0.211. The standard InChI is InChI=1S/C19H15ClF3N5O4/c20-15-16(22)12(6-13(21)17(15)23)19(32)25-7-9-1-3-10(4-2-9)18(31)27-11(5-14(29)30)8-26-28-24/h1-4,6,11H,5,7-8H2,(H,25,32)(H,27,31)(H,29,30)/t11-/m0/s1. The Balaban J connectivity index is 2.02.